The Kier molecular flexibility index (Phi) is 10.7. The van der Waals surface area contributed by atoms with E-state index < -0.39 is 29.9 Å². The number of nitrogens with one attached hydrogen (secondary N) is 1. The van der Waals surface area contributed by atoms with Gasteiger partial charge in [-0.3, -0.25) is 9.59 Å². The van der Waals surface area contributed by atoms with Gasteiger partial charge < -0.3 is 26.2 Å². The van der Waals surface area contributed by atoms with Crippen LogP contribution < -0.4 is 16.0 Å². The Labute approximate surface area is 173 Å². The van der Waals surface area contributed by atoms with Crippen LogP contribution in [-0.4, -0.2) is 65.0 Å². The lowest BCUT2D eigenvalue weighted by Crippen LogP contribution is -2.49. The summed E-state index contributed by atoms with van der Waals surface area (Å²) in [7, 11) is 0. The van der Waals surface area contributed by atoms with Gasteiger partial charge in [-0.15, -0.1) is 23.2 Å². The van der Waals surface area contributed by atoms with E-state index in [1.54, 1.807) is 0 Å². The van der Waals surface area contributed by atoms with E-state index in [4.69, 9.17) is 39.1 Å². The van der Waals surface area contributed by atoms with Crippen LogP contribution in [0, 0.1) is 0 Å². The molecule has 1 aromatic carbocycles. The zero-order chi connectivity index (χ0) is 21.1. The highest BCUT2D eigenvalue weighted by atomic mass is 35.5. The van der Waals surface area contributed by atoms with Crippen molar-refractivity contribution in [3.63, 3.8) is 0 Å². The average molecular weight is 434 g/mol. The summed E-state index contributed by atoms with van der Waals surface area (Å²) < 4.78 is 0. The number of nitrogens with two attached hydrogens (primary N) is 1. The quantitative estimate of drug-likeness (QED) is 0.344. The van der Waals surface area contributed by atoms with Gasteiger partial charge in [0.05, 0.1) is 6.04 Å². The van der Waals surface area contributed by atoms with E-state index in [0.717, 1.165) is 11.3 Å². The Balaban J connectivity index is 2.67. The molecule has 0 spiro atoms. The molecule has 1 rings (SSSR count). The molecule has 28 heavy (non-hydrogen) atoms. The molecule has 1 amide bonds. The highest BCUT2D eigenvalue weighted by Gasteiger charge is 2.24. The van der Waals surface area contributed by atoms with Crippen molar-refractivity contribution >= 4 is 46.7 Å². The van der Waals surface area contributed by atoms with Crippen LogP contribution in [0.5, 0.6) is 0 Å². The van der Waals surface area contributed by atoms with Gasteiger partial charge in [0.25, 0.3) is 0 Å². The van der Waals surface area contributed by atoms with Gasteiger partial charge in [-0.1, -0.05) is 12.1 Å². The second-order valence-corrected chi connectivity index (χ2v) is 6.93. The summed E-state index contributed by atoms with van der Waals surface area (Å²) in [5.74, 6) is -2.15. The number of hydrogen-bond acceptors (Lipinski definition) is 5. The maximum atomic E-state index is 12.2. The second-order valence-electron chi connectivity index (χ2n) is 6.17. The highest BCUT2D eigenvalue weighted by Crippen LogP contribution is 2.16. The number of anilines is 1. The Morgan fingerprint density at radius 2 is 1.64 bits per heavy atom. The number of carbonyl (C=O) groups is 3. The van der Waals surface area contributed by atoms with Crippen molar-refractivity contribution in [1.29, 1.82) is 0 Å². The van der Waals surface area contributed by atoms with Crippen molar-refractivity contribution in [1.82, 2.24) is 5.32 Å². The van der Waals surface area contributed by atoms with E-state index in [1.807, 2.05) is 29.2 Å². The standard InChI is InChI=1S/C18H25Cl2N3O5/c19-7-9-23(10-8-20)13-3-1-12(2-4-13)11-14(21)17(26)22-15(18(27)28)5-6-16(24)25/h1-4,14-15H,5-11,21H2,(H,22,26)(H,24,25)(H,27,28)/t14-,15-/m0/s1. The first kappa shape index (κ1) is 24.0. The number of benzene rings is 1. The van der Waals surface area contributed by atoms with Crippen molar-refractivity contribution < 1.29 is 24.6 Å². The number of nitrogens with zero attached hydrogens (tertiary/aromatic N) is 1. The number of aliphatic carboxylic acids is 2. The maximum Gasteiger partial charge on any atom is 0.326 e. The molecule has 0 bridgehead atoms. The zero-order valence-electron chi connectivity index (χ0n) is 15.3. The molecule has 5 N–H and O–H groups in total. The summed E-state index contributed by atoms with van der Waals surface area (Å²) >= 11 is 11.6. The molecule has 1 aromatic rings. The predicted octanol–water partition coefficient (Wildman–Crippen LogP) is 1.27. The van der Waals surface area contributed by atoms with Gasteiger partial charge in [-0.2, -0.15) is 0 Å². The van der Waals surface area contributed by atoms with E-state index in [9.17, 15) is 14.4 Å². The number of halogens is 2. The van der Waals surface area contributed by atoms with Crippen LogP contribution in [-0.2, 0) is 20.8 Å². The third-order valence-electron chi connectivity index (χ3n) is 4.06. The van der Waals surface area contributed by atoms with Gasteiger partial charge in [-0.05, 0) is 30.5 Å². The summed E-state index contributed by atoms with van der Waals surface area (Å²) in [4.78, 5) is 36.0. The lowest BCUT2D eigenvalue weighted by Gasteiger charge is -2.23. The van der Waals surface area contributed by atoms with Crippen LogP contribution in [0.4, 0.5) is 5.69 Å². The molecule has 10 heteroatoms. The smallest absolute Gasteiger partial charge is 0.326 e. The lowest BCUT2D eigenvalue weighted by atomic mass is 10.0. The van der Waals surface area contributed by atoms with Crippen LogP contribution in [0.2, 0.25) is 0 Å². The summed E-state index contributed by atoms with van der Waals surface area (Å²) in [6.45, 7) is 1.31. The fourth-order valence-electron chi connectivity index (χ4n) is 2.57. The molecule has 0 heterocycles. The molecule has 156 valence electrons. The number of amides is 1. The minimum Gasteiger partial charge on any atom is -0.481 e. The maximum absolute atomic E-state index is 12.2. The predicted molar refractivity (Wildman–Crippen MR) is 108 cm³/mol. The Hall–Kier alpha value is -2.03. The number of rotatable bonds is 13. The van der Waals surface area contributed by atoms with E-state index in [-0.39, 0.29) is 19.3 Å². The summed E-state index contributed by atoms with van der Waals surface area (Å²) in [6, 6.07) is 5.17. The van der Waals surface area contributed by atoms with E-state index in [2.05, 4.69) is 5.32 Å². The van der Waals surface area contributed by atoms with Crippen LogP contribution in [0.3, 0.4) is 0 Å². The van der Waals surface area contributed by atoms with E-state index in [0.29, 0.717) is 24.8 Å². The van der Waals surface area contributed by atoms with Gasteiger partial charge in [0.15, 0.2) is 0 Å². The molecule has 0 unspecified atom stereocenters. The Morgan fingerprint density at radius 3 is 2.11 bits per heavy atom. The first-order valence-electron chi connectivity index (χ1n) is 8.74. The molecular formula is C18H25Cl2N3O5. The summed E-state index contributed by atoms with van der Waals surface area (Å²) in [6.07, 6.45) is -0.369. The first-order valence-corrected chi connectivity index (χ1v) is 9.81. The molecule has 0 aliphatic carbocycles. The fourth-order valence-corrected chi connectivity index (χ4v) is 2.98. The molecule has 0 radical (unpaired) electrons. The van der Waals surface area contributed by atoms with Crippen molar-refractivity contribution in [2.24, 2.45) is 5.73 Å². The third-order valence-corrected chi connectivity index (χ3v) is 4.40. The normalized spacial score (nSPS) is 12.8. The monoisotopic (exact) mass is 433 g/mol. The van der Waals surface area contributed by atoms with Crippen LogP contribution in [0.25, 0.3) is 0 Å². The van der Waals surface area contributed by atoms with Crippen LogP contribution in [0.15, 0.2) is 24.3 Å². The molecule has 0 aliphatic rings. The Morgan fingerprint density at radius 1 is 1.07 bits per heavy atom. The Bertz CT molecular complexity index is 651. The van der Waals surface area contributed by atoms with Crippen LogP contribution >= 0.6 is 23.2 Å². The molecule has 8 nitrogen and oxygen atoms in total. The minimum atomic E-state index is -1.30. The van der Waals surface area contributed by atoms with Crippen molar-refractivity contribution in [3.8, 4) is 0 Å². The summed E-state index contributed by atoms with van der Waals surface area (Å²) in [5.41, 5.74) is 7.63. The fraction of sp³-hybridized carbons (Fsp3) is 0.500. The molecule has 0 aromatic heterocycles. The number of alkyl halides is 2. The van der Waals surface area contributed by atoms with Crippen LogP contribution in [0.1, 0.15) is 18.4 Å². The number of carboxylic acid groups (broad SMARTS) is 2. The van der Waals surface area contributed by atoms with E-state index >= 15 is 0 Å². The molecule has 0 saturated carbocycles. The molecular weight excluding hydrogens is 409 g/mol. The average Bonchev–Trinajstić information content (AvgIpc) is 2.65. The number of carboxylic acids is 2. The van der Waals surface area contributed by atoms with Gasteiger partial charge in [0.1, 0.15) is 6.04 Å². The topological polar surface area (TPSA) is 133 Å². The molecule has 0 aliphatic heterocycles. The zero-order valence-corrected chi connectivity index (χ0v) is 16.8. The van der Waals surface area contributed by atoms with Crippen molar-refractivity contribution in [2.75, 3.05) is 29.7 Å². The molecule has 2 atom stereocenters. The van der Waals surface area contributed by atoms with Gasteiger partial charge in [0.2, 0.25) is 5.91 Å². The van der Waals surface area contributed by atoms with Gasteiger partial charge >= 0.3 is 11.9 Å². The van der Waals surface area contributed by atoms with Crippen molar-refractivity contribution in [2.45, 2.75) is 31.3 Å². The largest absolute Gasteiger partial charge is 0.481 e. The van der Waals surface area contributed by atoms with Crippen molar-refractivity contribution in [3.05, 3.63) is 29.8 Å². The second kappa shape index (κ2) is 12.4. The lowest BCUT2D eigenvalue weighted by molar-refractivity contribution is -0.143. The molecule has 0 saturated heterocycles. The molecule has 0 fully saturated rings. The SMILES string of the molecule is N[C@@H](Cc1ccc(N(CCCl)CCCl)cc1)C(=O)N[C@@H](CCC(=O)O)C(=O)O. The first-order chi connectivity index (χ1) is 13.3. The highest BCUT2D eigenvalue weighted by molar-refractivity contribution is 6.18. The number of hydrogen-bond donors (Lipinski definition) is 4. The minimum absolute atomic E-state index is 0.211. The third kappa shape index (κ3) is 8.33. The summed E-state index contributed by atoms with van der Waals surface area (Å²) in [5, 5.41) is 20.1. The van der Waals surface area contributed by atoms with E-state index in [1.165, 1.54) is 0 Å². The van der Waals surface area contributed by atoms with Gasteiger partial charge in [-0.25, -0.2) is 4.79 Å². The number of carbonyl (C=O) groups excluding carboxylic acids is 1. The van der Waals surface area contributed by atoms with Gasteiger partial charge in [0, 0.05) is 37.0 Å².